The Morgan fingerprint density at radius 2 is 1.44 bits per heavy atom. The quantitative estimate of drug-likeness (QED) is 0.265. The third-order valence-corrected chi connectivity index (χ3v) is 3.21. The summed E-state index contributed by atoms with van der Waals surface area (Å²) in [6.45, 7) is 0. The summed E-state index contributed by atoms with van der Waals surface area (Å²) in [6.07, 6.45) is 0. The van der Waals surface area contributed by atoms with Crippen LogP contribution in [0.25, 0.3) is 4.98 Å². The molecule has 0 aromatic heterocycles. The predicted molar refractivity (Wildman–Crippen MR) is 95.6 cm³/mol. The minimum absolute atomic E-state index is 0.251. The molecule has 0 saturated heterocycles. The van der Waals surface area contributed by atoms with Crippen molar-refractivity contribution in [3.8, 4) is 11.5 Å². The van der Waals surface area contributed by atoms with Crippen molar-refractivity contribution in [2.75, 3.05) is 19.0 Å². The first kappa shape index (κ1) is 23.1. The molecule has 0 aliphatic heterocycles. The summed E-state index contributed by atoms with van der Waals surface area (Å²) in [5.74, 6) is 1.17. The van der Waals surface area contributed by atoms with E-state index in [0.29, 0.717) is 21.5 Å². The summed E-state index contributed by atoms with van der Waals surface area (Å²) in [5.41, 5.74) is 1.03. The van der Waals surface area contributed by atoms with Crippen molar-refractivity contribution >= 4 is 42.4 Å². The molecule has 0 saturated carbocycles. The van der Waals surface area contributed by atoms with Gasteiger partial charge in [0.1, 0.15) is 10.8 Å². The van der Waals surface area contributed by atoms with E-state index in [1.54, 1.807) is 36.4 Å². The molecule has 4 nitrogen and oxygen atoms in total. The molecule has 0 bridgehead atoms. The Bertz CT molecular complexity index is 856. The van der Waals surface area contributed by atoms with Gasteiger partial charge in [0.05, 0.1) is 11.8 Å². The molecule has 2 aromatic carbocycles. The number of hydrogen-bond donors (Lipinski definition) is 0. The van der Waals surface area contributed by atoms with Crippen LogP contribution in [0.15, 0.2) is 36.4 Å². The summed E-state index contributed by atoms with van der Waals surface area (Å²) in [5, 5.41) is 9.91. The van der Waals surface area contributed by atoms with Crippen LogP contribution in [0.5, 0.6) is 11.5 Å². The number of benzene rings is 2. The van der Waals surface area contributed by atoms with Crippen LogP contribution in [-0.4, -0.2) is 14.1 Å². The van der Waals surface area contributed by atoms with Gasteiger partial charge in [0, 0.05) is 19.1 Å². The summed E-state index contributed by atoms with van der Waals surface area (Å²) >= 11 is 11.9. The van der Waals surface area contributed by atoms with Gasteiger partial charge in [-0.25, -0.2) is 0 Å². The van der Waals surface area contributed by atoms with Crippen molar-refractivity contribution in [1.82, 2.24) is 0 Å². The van der Waals surface area contributed by atoms with Crippen molar-refractivity contribution < 1.29 is 29.9 Å². The molecule has 0 N–H and O–H groups in total. The molecule has 0 atom stereocenters. The number of nitrogens with zero attached hydrogens (tertiary/aromatic N) is 3. The molecule has 0 radical (unpaired) electrons. The van der Waals surface area contributed by atoms with Gasteiger partial charge in [-0.3, -0.25) is 0 Å². The maximum absolute atomic E-state index is 10.7. The molecule has 150 valence electrons. The summed E-state index contributed by atoms with van der Waals surface area (Å²) in [6, 6.07) is 10.2. The van der Waals surface area contributed by atoms with Crippen LogP contribution in [-0.2, 0) is 0 Å². The predicted octanol–water partition coefficient (Wildman–Crippen LogP) is 8.72. The van der Waals surface area contributed by atoms with E-state index in [0.717, 1.165) is 5.69 Å². The van der Waals surface area contributed by atoms with Crippen LogP contribution in [0.4, 0.5) is 36.6 Å². The van der Waals surface area contributed by atoms with E-state index in [9.17, 15) is 25.2 Å². The molecule has 2 rings (SSSR count). The van der Waals surface area contributed by atoms with Crippen molar-refractivity contribution in [3.05, 3.63) is 51.4 Å². The van der Waals surface area contributed by atoms with E-state index in [1.165, 1.54) is 0 Å². The zero-order valence-electron chi connectivity index (χ0n) is 13.7. The molecule has 0 aliphatic rings. The normalized spacial score (nSPS) is 13.4. The van der Waals surface area contributed by atoms with E-state index < -0.39 is 7.81 Å². The Labute approximate surface area is 160 Å². The number of rotatable bonds is 3. The van der Waals surface area contributed by atoms with Crippen LogP contribution in [0.1, 0.15) is 0 Å². The van der Waals surface area contributed by atoms with Crippen LogP contribution >= 0.6 is 31.0 Å². The standard InChI is InChI=1S/C14H12Cl2N3O.F6P/c1-19(2)13-7-11(16)12(18-17)8-14(13)20-10-5-3-9(15)4-6-10;1-7(2,3,4,5)6/h3-8H,1-2H3;/q+1;-1. The fraction of sp³-hybridized carbons (Fsp3) is 0.143. The summed E-state index contributed by atoms with van der Waals surface area (Å²) in [4.78, 5) is 4.99. The molecule has 13 heteroatoms. The number of hydrogen-bond acceptors (Lipinski definition) is 3. The van der Waals surface area contributed by atoms with E-state index in [-0.39, 0.29) is 5.69 Å². The number of anilines is 1. The Morgan fingerprint density at radius 3 is 1.85 bits per heavy atom. The summed E-state index contributed by atoms with van der Waals surface area (Å²) < 4.78 is 65.0. The van der Waals surface area contributed by atoms with Gasteiger partial charge in [-0.1, -0.05) is 23.2 Å². The first-order chi connectivity index (χ1) is 12.0. The molecule has 27 heavy (non-hydrogen) atoms. The Morgan fingerprint density at radius 1 is 0.963 bits per heavy atom. The van der Waals surface area contributed by atoms with E-state index in [2.05, 4.69) is 4.98 Å². The van der Waals surface area contributed by atoms with Gasteiger partial charge in [0.25, 0.3) is 0 Å². The van der Waals surface area contributed by atoms with Crippen LogP contribution in [0, 0.1) is 5.39 Å². The average molecular weight is 454 g/mol. The molecule has 0 heterocycles. The van der Waals surface area contributed by atoms with Crippen molar-refractivity contribution in [2.45, 2.75) is 0 Å². The van der Waals surface area contributed by atoms with Gasteiger partial charge in [-0.05, 0) is 30.3 Å². The van der Waals surface area contributed by atoms with Crippen molar-refractivity contribution in [2.24, 2.45) is 0 Å². The molecular formula is C14H12Cl2F6N3OP. The van der Waals surface area contributed by atoms with Gasteiger partial charge in [-0.2, -0.15) is 0 Å². The van der Waals surface area contributed by atoms with Gasteiger partial charge < -0.3 is 9.64 Å². The SMILES string of the molecule is CN(C)c1cc(Cl)c([N+]#N)cc1Oc1ccc(Cl)cc1.F[P-](F)(F)(F)(F)F. The first-order valence-corrected chi connectivity index (χ1v) is 9.60. The van der Waals surface area contributed by atoms with Crippen LogP contribution in [0.3, 0.4) is 0 Å². The third kappa shape index (κ3) is 10.1. The molecule has 0 fully saturated rings. The first-order valence-electron chi connectivity index (χ1n) is 6.82. The van der Waals surface area contributed by atoms with Gasteiger partial charge >= 0.3 is 38.7 Å². The second-order valence-electron chi connectivity index (χ2n) is 5.28. The fourth-order valence-corrected chi connectivity index (χ4v) is 1.99. The molecule has 0 amide bonds. The van der Waals surface area contributed by atoms with Gasteiger partial charge in [0.2, 0.25) is 5.39 Å². The zero-order chi connectivity index (χ0) is 21.1. The second kappa shape index (κ2) is 7.23. The Hall–Kier alpha value is -1.95. The van der Waals surface area contributed by atoms with Gasteiger partial charge in [-0.15, -0.1) is 0 Å². The monoisotopic (exact) mass is 453 g/mol. The van der Waals surface area contributed by atoms with E-state index in [1.807, 2.05) is 19.0 Å². The number of halogens is 8. The van der Waals surface area contributed by atoms with Crippen LogP contribution < -0.4 is 9.64 Å². The zero-order valence-corrected chi connectivity index (χ0v) is 16.1. The minimum atomic E-state index is -10.7. The van der Waals surface area contributed by atoms with Gasteiger partial charge in [0.15, 0.2) is 10.7 Å². The summed E-state index contributed by atoms with van der Waals surface area (Å²) in [7, 11) is -6.92. The topological polar surface area (TPSA) is 40.6 Å². The van der Waals surface area contributed by atoms with E-state index >= 15 is 0 Å². The van der Waals surface area contributed by atoms with Crippen molar-refractivity contribution in [3.63, 3.8) is 0 Å². The number of diazo groups is 1. The third-order valence-electron chi connectivity index (χ3n) is 2.66. The Kier molecular flexibility index (Phi) is 6.18. The van der Waals surface area contributed by atoms with E-state index in [4.69, 9.17) is 33.3 Å². The molecule has 2 aromatic rings. The second-order valence-corrected chi connectivity index (χ2v) is 8.04. The fourth-order valence-electron chi connectivity index (χ4n) is 1.67. The average Bonchev–Trinajstić information content (AvgIpc) is 2.47. The Balaban J connectivity index is 0.000000445. The number of ether oxygens (including phenoxy) is 1. The molecule has 0 aliphatic carbocycles. The van der Waals surface area contributed by atoms with Crippen molar-refractivity contribution in [1.29, 1.82) is 5.39 Å². The molecular weight excluding hydrogens is 442 g/mol. The molecule has 0 spiro atoms. The maximum atomic E-state index is 9.87. The van der Waals surface area contributed by atoms with Crippen LogP contribution in [0.2, 0.25) is 10.0 Å². The molecule has 0 unspecified atom stereocenters.